The monoisotopic (exact) mass is 229 g/mol. The van der Waals surface area contributed by atoms with E-state index >= 15 is 0 Å². The molecule has 6 nitrogen and oxygen atoms in total. The van der Waals surface area contributed by atoms with Crippen molar-refractivity contribution in [2.24, 2.45) is 0 Å². The second-order valence-corrected chi connectivity index (χ2v) is 3.76. The topological polar surface area (TPSA) is 71.6 Å². The van der Waals surface area contributed by atoms with Crippen LogP contribution in [-0.4, -0.2) is 53.6 Å². The van der Waals surface area contributed by atoms with Gasteiger partial charge in [-0.1, -0.05) is 12.1 Å². The molecule has 1 atom stereocenters. The molecule has 1 rings (SSSR count). The van der Waals surface area contributed by atoms with Crippen molar-refractivity contribution in [3.05, 3.63) is 11.7 Å². The molecule has 0 bridgehead atoms. The lowest BCUT2D eigenvalue weighted by atomic mass is 10.3. The standard InChI is InChI=1S/C10H19N3O3/c1-4-10-11-9(12-16-10)6-13(2)5-8(14)7-15-3/h8,14H,4-7H2,1-3H3. The van der Waals surface area contributed by atoms with Gasteiger partial charge in [0.1, 0.15) is 0 Å². The van der Waals surface area contributed by atoms with Crippen LogP contribution in [0.25, 0.3) is 0 Å². The van der Waals surface area contributed by atoms with Crippen molar-refractivity contribution in [3.63, 3.8) is 0 Å². The number of ether oxygens (including phenoxy) is 1. The van der Waals surface area contributed by atoms with Crippen LogP contribution in [0.4, 0.5) is 0 Å². The zero-order valence-corrected chi connectivity index (χ0v) is 10.0. The van der Waals surface area contributed by atoms with Gasteiger partial charge in [-0.15, -0.1) is 0 Å². The van der Waals surface area contributed by atoms with Crippen LogP contribution in [0, 0.1) is 0 Å². The number of aromatic nitrogens is 2. The third-order valence-electron chi connectivity index (χ3n) is 2.11. The largest absolute Gasteiger partial charge is 0.389 e. The number of rotatable bonds is 7. The van der Waals surface area contributed by atoms with Crippen LogP contribution in [0.5, 0.6) is 0 Å². The van der Waals surface area contributed by atoms with Gasteiger partial charge in [0.2, 0.25) is 5.89 Å². The number of nitrogens with zero attached hydrogens (tertiary/aromatic N) is 3. The van der Waals surface area contributed by atoms with Gasteiger partial charge in [-0.2, -0.15) is 4.98 Å². The molecule has 0 saturated carbocycles. The molecule has 1 unspecified atom stereocenters. The van der Waals surface area contributed by atoms with Crippen LogP contribution in [0.3, 0.4) is 0 Å². The van der Waals surface area contributed by atoms with Crippen molar-refractivity contribution in [3.8, 4) is 0 Å². The van der Waals surface area contributed by atoms with Crippen LogP contribution in [0.15, 0.2) is 4.52 Å². The summed E-state index contributed by atoms with van der Waals surface area (Å²) in [6.07, 6.45) is 0.246. The highest BCUT2D eigenvalue weighted by Gasteiger charge is 2.11. The van der Waals surface area contributed by atoms with Crippen molar-refractivity contribution < 1.29 is 14.4 Å². The maximum atomic E-state index is 9.52. The normalized spacial score (nSPS) is 13.3. The maximum Gasteiger partial charge on any atom is 0.226 e. The van der Waals surface area contributed by atoms with E-state index in [1.54, 1.807) is 7.11 Å². The van der Waals surface area contributed by atoms with Gasteiger partial charge >= 0.3 is 0 Å². The van der Waals surface area contributed by atoms with E-state index in [1.807, 2.05) is 18.9 Å². The Morgan fingerprint density at radius 1 is 1.56 bits per heavy atom. The highest BCUT2D eigenvalue weighted by atomic mass is 16.5. The highest BCUT2D eigenvalue weighted by Crippen LogP contribution is 2.01. The predicted molar refractivity (Wildman–Crippen MR) is 57.9 cm³/mol. The van der Waals surface area contributed by atoms with E-state index in [1.165, 1.54) is 0 Å². The Bertz CT molecular complexity index is 303. The van der Waals surface area contributed by atoms with E-state index < -0.39 is 6.10 Å². The fourth-order valence-corrected chi connectivity index (χ4v) is 1.41. The molecule has 1 aromatic rings. The van der Waals surface area contributed by atoms with Gasteiger partial charge in [-0.25, -0.2) is 0 Å². The molecular formula is C10H19N3O3. The summed E-state index contributed by atoms with van der Waals surface area (Å²) in [6, 6.07) is 0. The van der Waals surface area contributed by atoms with Gasteiger partial charge < -0.3 is 14.4 Å². The van der Waals surface area contributed by atoms with Crippen molar-refractivity contribution >= 4 is 0 Å². The third kappa shape index (κ3) is 4.26. The van der Waals surface area contributed by atoms with Gasteiger partial charge in [0, 0.05) is 20.1 Å². The van der Waals surface area contributed by atoms with E-state index in [-0.39, 0.29) is 0 Å². The molecule has 16 heavy (non-hydrogen) atoms. The first-order chi connectivity index (χ1) is 7.65. The minimum Gasteiger partial charge on any atom is -0.389 e. The van der Waals surface area contributed by atoms with Crippen LogP contribution >= 0.6 is 0 Å². The highest BCUT2D eigenvalue weighted by molar-refractivity contribution is 4.85. The summed E-state index contributed by atoms with van der Waals surface area (Å²) >= 11 is 0. The molecule has 0 radical (unpaired) electrons. The van der Waals surface area contributed by atoms with E-state index in [9.17, 15) is 5.11 Å². The summed E-state index contributed by atoms with van der Waals surface area (Å²) in [5, 5.41) is 13.4. The average Bonchev–Trinajstić information content (AvgIpc) is 2.65. The van der Waals surface area contributed by atoms with Gasteiger partial charge in [-0.05, 0) is 7.05 Å². The Hall–Kier alpha value is -0.980. The molecule has 0 aromatic carbocycles. The zero-order chi connectivity index (χ0) is 12.0. The lowest BCUT2D eigenvalue weighted by Crippen LogP contribution is -2.31. The Morgan fingerprint density at radius 2 is 2.31 bits per heavy atom. The van der Waals surface area contributed by atoms with Crippen LogP contribution in [-0.2, 0) is 17.7 Å². The number of hydrogen-bond donors (Lipinski definition) is 1. The fourth-order valence-electron chi connectivity index (χ4n) is 1.41. The number of aryl methyl sites for hydroxylation is 1. The number of aliphatic hydroxyl groups is 1. The summed E-state index contributed by atoms with van der Waals surface area (Å²) in [7, 11) is 3.46. The Balaban J connectivity index is 2.35. The van der Waals surface area contributed by atoms with Crippen molar-refractivity contribution in [1.29, 1.82) is 0 Å². The molecule has 1 heterocycles. The summed E-state index contributed by atoms with van der Waals surface area (Å²) in [5.41, 5.74) is 0. The average molecular weight is 229 g/mol. The van der Waals surface area contributed by atoms with Crippen molar-refractivity contribution in [1.82, 2.24) is 15.0 Å². The maximum absolute atomic E-state index is 9.52. The molecule has 1 aromatic heterocycles. The van der Waals surface area contributed by atoms with Crippen LogP contribution in [0.2, 0.25) is 0 Å². The summed E-state index contributed by atoms with van der Waals surface area (Å²) in [6.45, 7) is 3.37. The molecular weight excluding hydrogens is 210 g/mol. The molecule has 0 fully saturated rings. The van der Waals surface area contributed by atoms with E-state index in [2.05, 4.69) is 10.1 Å². The number of likely N-dealkylation sites (N-methyl/N-ethyl adjacent to an activating group) is 1. The lowest BCUT2D eigenvalue weighted by molar-refractivity contribution is 0.0413. The lowest BCUT2D eigenvalue weighted by Gasteiger charge is -2.18. The van der Waals surface area contributed by atoms with E-state index in [0.717, 1.165) is 6.42 Å². The van der Waals surface area contributed by atoms with Gasteiger partial charge in [0.25, 0.3) is 0 Å². The molecule has 6 heteroatoms. The van der Waals surface area contributed by atoms with Crippen molar-refractivity contribution in [2.75, 3.05) is 27.3 Å². The predicted octanol–water partition coefficient (Wildman–Crippen LogP) is 0.0711. The molecule has 0 amide bonds. The minimum atomic E-state index is -0.493. The number of hydrogen-bond acceptors (Lipinski definition) is 6. The second kappa shape index (κ2) is 6.57. The molecule has 0 aliphatic carbocycles. The molecule has 0 saturated heterocycles. The SMILES string of the molecule is CCc1nc(CN(C)CC(O)COC)no1. The first-order valence-corrected chi connectivity index (χ1v) is 5.32. The molecule has 92 valence electrons. The Kier molecular flexibility index (Phi) is 5.37. The molecule has 0 aliphatic rings. The fraction of sp³-hybridized carbons (Fsp3) is 0.800. The van der Waals surface area contributed by atoms with E-state index in [0.29, 0.717) is 31.4 Å². The summed E-state index contributed by atoms with van der Waals surface area (Å²) < 4.78 is 9.84. The molecule has 1 N–H and O–H groups in total. The summed E-state index contributed by atoms with van der Waals surface area (Å²) in [4.78, 5) is 6.11. The first kappa shape index (κ1) is 13.1. The zero-order valence-electron chi connectivity index (χ0n) is 10.0. The minimum absolute atomic E-state index is 0.330. The quantitative estimate of drug-likeness (QED) is 0.713. The number of aliphatic hydroxyl groups excluding tert-OH is 1. The van der Waals surface area contributed by atoms with Gasteiger partial charge in [0.05, 0.1) is 19.3 Å². The Morgan fingerprint density at radius 3 is 2.88 bits per heavy atom. The second-order valence-electron chi connectivity index (χ2n) is 3.76. The van der Waals surface area contributed by atoms with Gasteiger partial charge in [0.15, 0.2) is 5.82 Å². The summed E-state index contributed by atoms with van der Waals surface area (Å²) in [5.74, 6) is 1.28. The van der Waals surface area contributed by atoms with Gasteiger partial charge in [-0.3, -0.25) is 4.90 Å². The van der Waals surface area contributed by atoms with Crippen LogP contribution in [0.1, 0.15) is 18.6 Å². The smallest absolute Gasteiger partial charge is 0.226 e. The molecule has 0 aliphatic heterocycles. The van der Waals surface area contributed by atoms with E-state index in [4.69, 9.17) is 9.26 Å². The Labute approximate surface area is 95.2 Å². The first-order valence-electron chi connectivity index (χ1n) is 5.32. The third-order valence-corrected chi connectivity index (χ3v) is 2.11. The number of methoxy groups -OCH3 is 1. The molecule has 0 spiro atoms. The van der Waals surface area contributed by atoms with Crippen LogP contribution < -0.4 is 0 Å². The van der Waals surface area contributed by atoms with Crippen molar-refractivity contribution in [2.45, 2.75) is 26.0 Å².